The number of halogens is 2. The van der Waals surface area contributed by atoms with Gasteiger partial charge in [-0.25, -0.2) is 8.78 Å². The van der Waals surface area contributed by atoms with Crippen molar-refractivity contribution in [3.63, 3.8) is 0 Å². The van der Waals surface area contributed by atoms with E-state index in [-0.39, 0.29) is 12.1 Å². The third-order valence-corrected chi connectivity index (χ3v) is 2.68. The molecule has 0 fully saturated rings. The van der Waals surface area contributed by atoms with E-state index in [9.17, 15) is 13.6 Å². The highest BCUT2D eigenvalue weighted by atomic mass is 19.2. The quantitative estimate of drug-likeness (QED) is 0.834. The summed E-state index contributed by atoms with van der Waals surface area (Å²) in [5.74, 6) is 2.90. The fraction of sp³-hybridized carbons (Fsp3) is 0.0625. The normalized spacial score (nSPS) is 9.67. The van der Waals surface area contributed by atoms with Crippen LogP contribution in [0.25, 0.3) is 0 Å². The van der Waals surface area contributed by atoms with E-state index >= 15 is 0 Å². The number of hydrogen-bond donors (Lipinski definition) is 2. The number of amides is 1. The Morgan fingerprint density at radius 1 is 1.14 bits per heavy atom. The van der Waals surface area contributed by atoms with Crippen molar-refractivity contribution in [3.8, 4) is 11.8 Å². The lowest BCUT2D eigenvalue weighted by Gasteiger charge is -2.07. The molecule has 3 N–H and O–H groups in total. The molecule has 0 unspecified atom stereocenters. The highest BCUT2D eigenvalue weighted by Gasteiger charge is 2.11. The lowest BCUT2D eigenvalue weighted by molar-refractivity contribution is 0.102. The third-order valence-electron chi connectivity index (χ3n) is 2.68. The first-order valence-corrected chi connectivity index (χ1v) is 6.16. The van der Waals surface area contributed by atoms with Gasteiger partial charge in [-0.2, -0.15) is 0 Å². The van der Waals surface area contributed by atoms with Crippen molar-refractivity contribution in [1.29, 1.82) is 0 Å². The molecule has 0 spiro atoms. The van der Waals surface area contributed by atoms with Crippen molar-refractivity contribution in [2.24, 2.45) is 5.73 Å². The lowest BCUT2D eigenvalue weighted by atomic mass is 10.1. The molecule has 3 nitrogen and oxygen atoms in total. The van der Waals surface area contributed by atoms with Gasteiger partial charge in [0.1, 0.15) is 0 Å². The lowest BCUT2D eigenvalue weighted by Crippen LogP contribution is -2.13. The highest BCUT2D eigenvalue weighted by Crippen LogP contribution is 2.16. The van der Waals surface area contributed by atoms with Crippen LogP contribution in [0.15, 0.2) is 42.5 Å². The van der Waals surface area contributed by atoms with Crippen LogP contribution in [-0.4, -0.2) is 12.5 Å². The molecule has 0 radical (unpaired) electrons. The molecule has 0 heterocycles. The predicted octanol–water partition coefficient (Wildman–Crippen LogP) is 2.53. The summed E-state index contributed by atoms with van der Waals surface area (Å²) >= 11 is 0. The van der Waals surface area contributed by atoms with Gasteiger partial charge in [-0.05, 0) is 30.3 Å². The number of nitrogens with two attached hydrogens (primary N) is 1. The SMILES string of the molecule is NCC#Cc1ccccc1NC(=O)c1ccc(F)c(F)c1. The van der Waals surface area contributed by atoms with Gasteiger partial charge >= 0.3 is 0 Å². The van der Waals surface area contributed by atoms with Crippen molar-refractivity contribution in [2.45, 2.75) is 0 Å². The van der Waals surface area contributed by atoms with Gasteiger partial charge in [0.25, 0.3) is 5.91 Å². The van der Waals surface area contributed by atoms with Gasteiger partial charge in [-0.1, -0.05) is 24.0 Å². The third kappa shape index (κ3) is 3.65. The standard InChI is InChI=1S/C16H12F2N2O/c17-13-8-7-12(10-14(13)18)16(21)20-15-6-2-1-4-11(15)5-3-9-19/h1-2,4,6-8,10H,9,19H2,(H,20,21). The second-order valence-corrected chi connectivity index (χ2v) is 4.13. The maximum absolute atomic E-state index is 13.1. The second kappa shape index (κ2) is 6.64. The van der Waals surface area contributed by atoms with E-state index in [0.29, 0.717) is 11.3 Å². The summed E-state index contributed by atoms with van der Waals surface area (Å²) in [4.78, 5) is 12.0. The molecule has 2 aromatic carbocycles. The minimum absolute atomic E-state index is 0.0236. The van der Waals surface area contributed by atoms with Gasteiger partial charge < -0.3 is 11.1 Å². The van der Waals surface area contributed by atoms with Crippen LogP contribution in [0.4, 0.5) is 14.5 Å². The van der Waals surface area contributed by atoms with Crippen LogP contribution in [0, 0.1) is 23.5 Å². The Morgan fingerprint density at radius 3 is 2.62 bits per heavy atom. The molecule has 0 aliphatic rings. The molecule has 2 rings (SSSR count). The van der Waals surface area contributed by atoms with Crippen LogP contribution in [0.3, 0.4) is 0 Å². The van der Waals surface area contributed by atoms with Gasteiger partial charge in [0.05, 0.1) is 12.2 Å². The second-order valence-electron chi connectivity index (χ2n) is 4.13. The number of carbonyl (C=O) groups is 1. The van der Waals surface area contributed by atoms with Gasteiger partial charge in [0.15, 0.2) is 11.6 Å². The summed E-state index contributed by atoms with van der Waals surface area (Å²) < 4.78 is 26.0. The van der Waals surface area contributed by atoms with E-state index in [1.807, 2.05) is 0 Å². The molecule has 1 amide bonds. The molecule has 106 valence electrons. The van der Waals surface area contributed by atoms with E-state index in [0.717, 1.165) is 12.1 Å². The number of hydrogen-bond acceptors (Lipinski definition) is 2. The molecule has 0 bridgehead atoms. The summed E-state index contributed by atoms with van der Waals surface area (Å²) in [7, 11) is 0. The molecule has 21 heavy (non-hydrogen) atoms. The Labute approximate surface area is 120 Å². The van der Waals surface area contributed by atoms with Gasteiger partial charge in [0.2, 0.25) is 0 Å². The van der Waals surface area contributed by atoms with Gasteiger partial charge in [-0.15, -0.1) is 0 Å². The minimum atomic E-state index is -1.07. The summed E-state index contributed by atoms with van der Waals surface area (Å²) in [6.45, 7) is 0.200. The number of anilines is 1. The Kier molecular flexibility index (Phi) is 4.64. The maximum Gasteiger partial charge on any atom is 0.255 e. The van der Waals surface area contributed by atoms with Crippen molar-refractivity contribution in [2.75, 3.05) is 11.9 Å². The van der Waals surface area contributed by atoms with Gasteiger partial charge in [0, 0.05) is 11.1 Å². The molecule has 5 heteroatoms. The fourth-order valence-corrected chi connectivity index (χ4v) is 1.68. The zero-order chi connectivity index (χ0) is 15.2. The smallest absolute Gasteiger partial charge is 0.255 e. The first-order chi connectivity index (χ1) is 10.1. The monoisotopic (exact) mass is 286 g/mol. The highest BCUT2D eigenvalue weighted by molar-refractivity contribution is 6.04. The van der Waals surface area contributed by atoms with Crippen LogP contribution in [-0.2, 0) is 0 Å². The molecule has 0 aliphatic heterocycles. The van der Waals surface area contributed by atoms with Crippen molar-refractivity contribution in [3.05, 3.63) is 65.2 Å². The Bertz CT molecular complexity index is 733. The van der Waals surface area contributed by atoms with Crippen LogP contribution in [0.2, 0.25) is 0 Å². The average molecular weight is 286 g/mol. The average Bonchev–Trinajstić information content (AvgIpc) is 2.49. The van der Waals surface area contributed by atoms with Crippen molar-refractivity contribution in [1.82, 2.24) is 0 Å². The fourth-order valence-electron chi connectivity index (χ4n) is 1.68. The van der Waals surface area contributed by atoms with E-state index in [1.54, 1.807) is 24.3 Å². The molecule has 0 saturated carbocycles. The Hall–Kier alpha value is -2.71. The molecule has 0 saturated heterocycles. The van der Waals surface area contributed by atoms with Crippen LogP contribution in [0.5, 0.6) is 0 Å². The topological polar surface area (TPSA) is 55.1 Å². The summed E-state index contributed by atoms with van der Waals surface area (Å²) in [6.07, 6.45) is 0. The number of nitrogens with one attached hydrogen (secondary N) is 1. The Balaban J connectivity index is 2.25. The first-order valence-electron chi connectivity index (χ1n) is 6.16. The van der Waals surface area contributed by atoms with E-state index in [4.69, 9.17) is 5.73 Å². The van der Waals surface area contributed by atoms with E-state index in [1.165, 1.54) is 6.07 Å². The molecule has 0 atom stereocenters. The molecule has 0 aliphatic carbocycles. The van der Waals surface area contributed by atoms with Crippen LogP contribution >= 0.6 is 0 Å². The maximum atomic E-state index is 13.1. The summed E-state index contributed by atoms with van der Waals surface area (Å²) in [6, 6.07) is 9.86. The number of para-hydroxylation sites is 1. The molecule has 0 aromatic heterocycles. The first kappa shape index (κ1) is 14.7. The molecule has 2 aromatic rings. The molecular weight excluding hydrogens is 274 g/mol. The van der Waals surface area contributed by atoms with Crippen LogP contribution in [0.1, 0.15) is 15.9 Å². The number of carbonyl (C=O) groups excluding carboxylic acids is 1. The number of rotatable bonds is 2. The predicted molar refractivity (Wildman–Crippen MR) is 76.7 cm³/mol. The Morgan fingerprint density at radius 2 is 1.90 bits per heavy atom. The summed E-state index contributed by atoms with van der Waals surface area (Å²) in [5.41, 5.74) is 6.41. The van der Waals surface area contributed by atoms with E-state index < -0.39 is 17.5 Å². The summed E-state index contributed by atoms with van der Waals surface area (Å²) in [5, 5.41) is 2.61. The number of benzene rings is 2. The van der Waals surface area contributed by atoms with E-state index in [2.05, 4.69) is 17.2 Å². The zero-order valence-corrected chi connectivity index (χ0v) is 11.0. The van der Waals surface area contributed by atoms with Crippen molar-refractivity contribution < 1.29 is 13.6 Å². The molecular formula is C16H12F2N2O. The zero-order valence-electron chi connectivity index (χ0n) is 11.0. The van der Waals surface area contributed by atoms with Crippen LogP contribution < -0.4 is 11.1 Å². The van der Waals surface area contributed by atoms with Gasteiger partial charge in [-0.3, -0.25) is 4.79 Å². The minimum Gasteiger partial charge on any atom is -0.321 e. The largest absolute Gasteiger partial charge is 0.321 e. The van der Waals surface area contributed by atoms with Crippen molar-refractivity contribution >= 4 is 11.6 Å².